The van der Waals surface area contributed by atoms with Crippen molar-refractivity contribution in [1.82, 2.24) is 20.4 Å². The van der Waals surface area contributed by atoms with Gasteiger partial charge in [-0.05, 0) is 42.2 Å². The molecule has 35 heavy (non-hydrogen) atoms. The van der Waals surface area contributed by atoms with Crippen LogP contribution in [0.25, 0.3) is 11.1 Å². The number of hydrogen-bond donors (Lipinski definition) is 3. The Morgan fingerprint density at radius 1 is 1.06 bits per heavy atom. The van der Waals surface area contributed by atoms with Crippen molar-refractivity contribution in [1.29, 1.82) is 0 Å². The summed E-state index contributed by atoms with van der Waals surface area (Å²) in [6.07, 6.45) is 0.752. The number of rotatable bonds is 8. The zero-order valence-corrected chi connectivity index (χ0v) is 19.8. The van der Waals surface area contributed by atoms with Crippen LogP contribution in [-0.2, 0) is 21.4 Å². The van der Waals surface area contributed by atoms with Gasteiger partial charge in [0.1, 0.15) is 6.61 Å². The zero-order chi connectivity index (χ0) is 25.2. The smallest absolute Gasteiger partial charge is 0.408 e. The Kier molecular flexibility index (Phi) is 6.59. The van der Waals surface area contributed by atoms with Gasteiger partial charge in [0.05, 0.1) is 11.1 Å². The molecule has 0 fully saturated rings. The number of aryl methyl sites for hydroxylation is 1. The van der Waals surface area contributed by atoms with Crippen LogP contribution in [0.1, 0.15) is 42.6 Å². The van der Waals surface area contributed by atoms with Crippen LogP contribution in [0.2, 0.25) is 0 Å². The molecule has 0 spiro atoms. The summed E-state index contributed by atoms with van der Waals surface area (Å²) in [5.74, 6) is -1.72. The van der Waals surface area contributed by atoms with E-state index in [9.17, 15) is 19.5 Å². The fraction of sp³-hybridized carbons (Fsp3) is 0.308. The summed E-state index contributed by atoms with van der Waals surface area (Å²) in [5, 5.41) is 18.6. The van der Waals surface area contributed by atoms with Gasteiger partial charge in [0.2, 0.25) is 5.91 Å². The molecule has 0 aliphatic heterocycles. The number of aromatic nitrogens is 2. The molecular weight excluding hydrogens is 448 g/mol. The highest BCUT2D eigenvalue weighted by Gasteiger charge is 2.33. The molecule has 4 rings (SSSR count). The Labute approximate surface area is 203 Å². The summed E-state index contributed by atoms with van der Waals surface area (Å²) in [6.45, 7) is 3.01. The van der Waals surface area contributed by atoms with Gasteiger partial charge in [0.25, 0.3) is 0 Å². The predicted molar refractivity (Wildman–Crippen MR) is 129 cm³/mol. The van der Waals surface area contributed by atoms with Crippen molar-refractivity contribution >= 4 is 18.0 Å². The van der Waals surface area contributed by atoms with Gasteiger partial charge in [-0.1, -0.05) is 48.5 Å². The molecule has 0 saturated carbocycles. The van der Waals surface area contributed by atoms with Crippen molar-refractivity contribution in [2.45, 2.75) is 25.8 Å². The van der Waals surface area contributed by atoms with Crippen molar-refractivity contribution in [2.24, 2.45) is 12.5 Å². The first kappa shape index (κ1) is 24.0. The molecule has 182 valence electrons. The van der Waals surface area contributed by atoms with E-state index in [0.29, 0.717) is 5.69 Å². The highest BCUT2D eigenvalue weighted by molar-refractivity contribution is 5.87. The lowest BCUT2D eigenvalue weighted by molar-refractivity contribution is -0.146. The molecule has 1 aromatic heterocycles. The first-order valence-electron chi connectivity index (χ1n) is 11.3. The highest BCUT2D eigenvalue weighted by atomic mass is 16.5. The molecule has 1 aliphatic rings. The fourth-order valence-electron chi connectivity index (χ4n) is 4.18. The minimum absolute atomic E-state index is 0.103. The van der Waals surface area contributed by atoms with E-state index in [2.05, 4.69) is 27.9 Å². The highest BCUT2D eigenvalue weighted by Crippen LogP contribution is 2.44. The number of carboxylic acid groups (broad SMARTS) is 1. The predicted octanol–water partition coefficient (Wildman–Crippen LogP) is 3.23. The van der Waals surface area contributed by atoms with Gasteiger partial charge in [-0.25, -0.2) is 4.79 Å². The minimum Gasteiger partial charge on any atom is -0.481 e. The number of nitrogens with one attached hydrogen (secondary N) is 2. The maximum absolute atomic E-state index is 13.0. The Hall–Kier alpha value is -4.14. The zero-order valence-electron chi connectivity index (χ0n) is 19.8. The lowest BCUT2D eigenvalue weighted by Crippen LogP contribution is -2.45. The lowest BCUT2D eigenvalue weighted by Gasteiger charge is -2.23. The van der Waals surface area contributed by atoms with E-state index < -0.39 is 29.4 Å². The Morgan fingerprint density at radius 2 is 1.66 bits per heavy atom. The third-order valence-electron chi connectivity index (χ3n) is 6.31. The van der Waals surface area contributed by atoms with Gasteiger partial charge in [-0.3, -0.25) is 14.3 Å². The normalized spacial score (nSPS) is 13.5. The molecular formula is C26H28N4O5. The number of carbonyl (C=O) groups is 3. The summed E-state index contributed by atoms with van der Waals surface area (Å²) in [7, 11) is 1.65. The standard InChI is InChI=1S/C26H28N4O5/c1-26(2,24(32)33)15-27-23(31)22(21-12-13-28-30(21)3)29-25(34)35-14-20-18-10-6-4-8-16(18)17-9-5-7-11-19(17)20/h4-13,20,22H,14-15H2,1-3H3,(H,27,31)(H,29,34)(H,32,33). The fourth-order valence-corrected chi connectivity index (χ4v) is 4.18. The number of nitrogens with zero attached hydrogens (tertiary/aromatic N) is 2. The van der Waals surface area contributed by atoms with E-state index in [1.807, 2.05) is 36.4 Å². The summed E-state index contributed by atoms with van der Waals surface area (Å²) in [5.41, 5.74) is 3.66. The first-order valence-corrected chi connectivity index (χ1v) is 11.3. The number of alkyl carbamates (subject to hydrolysis) is 1. The van der Waals surface area contributed by atoms with Crippen LogP contribution in [0.3, 0.4) is 0 Å². The van der Waals surface area contributed by atoms with Crippen LogP contribution in [-0.4, -0.2) is 46.0 Å². The molecule has 9 heteroatoms. The maximum atomic E-state index is 13.0. The van der Waals surface area contributed by atoms with Crippen molar-refractivity contribution in [3.8, 4) is 11.1 Å². The number of fused-ring (bicyclic) bond motifs is 3. The molecule has 9 nitrogen and oxygen atoms in total. The first-order chi connectivity index (χ1) is 16.7. The van der Waals surface area contributed by atoms with E-state index in [4.69, 9.17) is 4.74 Å². The molecule has 2 aromatic carbocycles. The second kappa shape index (κ2) is 9.61. The van der Waals surface area contributed by atoms with Crippen molar-refractivity contribution in [3.05, 3.63) is 77.6 Å². The Balaban J connectivity index is 1.47. The topological polar surface area (TPSA) is 123 Å². The van der Waals surface area contributed by atoms with Gasteiger partial charge in [0, 0.05) is 25.7 Å². The molecule has 1 aliphatic carbocycles. The van der Waals surface area contributed by atoms with E-state index >= 15 is 0 Å². The van der Waals surface area contributed by atoms with Crippen LogP contribution in [0.5, 0.6) is 0 Å². The molecule has 1 unspecified atom stereocenters. The van der Waals surface area contributed by atoms with Crippen LogP contribution in [0.4, 0.5) is 4.79 Å². The summed E-state index contributed by atoms with van der Waals surface area (Å²) in [4.78, 5) is 37.2. The van der Waals surface area contributed by atoms with Crippen LogP contribution in [0, 0.1) is 5.41 Å². The van der Waals surface area contributed by atoms with Crippen LogP contribution in [0.15, 0.2) is 60.8 Å². The third-order valence-corrected chi connectivity index (χ3v) is 6.31. The number of benzene rings is 2. The Bertz CT molecular complexity index is 1220. The molecule has 2 amide bonds. The van der Waals surface area contributed by atoms with Crippen molar-refractivity contribution in [2.75, 3.05) is 13.2 Å². The number of aliphatic carboxylic acids is 1. The number of ether oxygens (including phenoxy) is 1. The second-order valence-electron chi connectivity index (χ2n) is 9.19. The van der Waals surface area contributed by atoms with E-state index in [0.717, 1.165) is 22.3 Å². The van der Waals surface area contributed by atoms with Crippen LogP contribution >= 0.6 is 0 Å². The van der Waals surface area contributed by atoms with Crippen LogP contribution < -0.4 is 10.6 Å². The summed E-state index contributed by atoms with van der Waals surface area (Å²) >= 11 is 0. The quantitative estimate of drug-likeness (QED) is 0.459. The molecule has 1 heterocycles. The molecule has 0 radical (unpaired) electrons. The molecule has 0 bridgehead atoms. The lowest BCUT2D eigenvalue weighted by atomic mass is 9.94. The van der Waals surface area contributed by atoms with Gasteiger partial charge in [-0.15, -0.1) is 0 Å². The molecule has 3 aromatic rings. The molecule has 0 saturated heterocycles. The maximum Gasteiger partial charge on any atom is 0.408 e. The number of amides is 2. The van der Waals surface area contributed by atoms with Gasteiger partial charge >= 0.3 is 12.1 Å². The van der Waals surface area contributed by atoms with E-state index in [1.54, 1.807) is 13.1 Å². The van der Waals surface area contributed by atoms with Gasteiger partial charge < -0.3 is 20.5 Å². The van der Waals surface area contributed by atoms with Crippen molar-refractivity contribution in [3.63, 3.8) is 0 Å². The summed E-state index contributed by atoms with van der Waals surface area (Å²) in [6, 6.07) is 16.5. The number of hydrogen-bond acceptors (Lipinski definition) is 5. The third kappa shape index (κ3) is 4.89. The monoisotopic (exact) mass is 476 g/mol. The van der Waals surface area contributed by atoms with Gasteiger partial charge in [-0.2, -0.15) is 5.10 Å². The van der Waals surface area contributed by atoms with E-state index in [1.165, 1.54) is 24.7 Å². The average molecular weight is 477 g/mol. The number of carbonyl (C=O) groups excluding carboxylic acids is 2. The number of carboxylic acids is 1. The largest absolute Gasteiger partial charge is 0.481 e. The minimum atomic E-state index is -1.17. The van der Waals surface area contributed by atoms with Crippen molar-refractivity contribution < 1.29 is 24.2 Å². The van der Waals surface area contributed by atoms with Gasteiger partial charge in [0.15, 0.2) is 6.04 Å². The molecule has 3 N–H and O–H groups in total. The van der Waals surface area contributed by atoms with E-state index in [-0.39, 0.29) is 19.1 Å². The Morgan fingerprint density at radius 3 is 2.20 bits per heavy atom. The SMILES string of the molecule is Cn1nccc1C(NC(=O)OCC1c2ccccc2-c2ccccc21)C(=O)NCC(C)(C)C(=O)O. The second-order valence-corrected chi connectivity index (χ2v) is 9.19. The average Bonchev–Trinajstić information content (AvgIpc) is 3.40. The molecule has 1 atom stereocenters. The summed E-state index contributed by atoms with van der Waals surface area (Å²) < 4.78 is 7.06.